The predicted molar refractivity (Wildman–Crippen MR) is 66.4 cm³/mol. The van der Waals surface area contributed by atoms with Gasteiger partial charge in [-0.1, -0.05) is 11.6 Å². The number of rotatable bonds is 3. The van der Waals surface area contributed by atoms with Crippen molar-refractivity contribution in [1.82, 2.24) is 0 Å². The molecule has 1 unspecified atom stereocenters. The molecule has 0 heterocycles. The van der Waals surface area contributed by atoms with Crippen LogP contribution in [0.5, 0.6) is 0 Å². The molecule has 0 saturated carbocycles. The summed E-state index contributed by atoms with van der Waals surface area (Å²) < 4.78 is 22.4. The average Bonchev–Trinajstić information content (AvgIpc) is 2.37. The van der Waals surface area contributed by atoms with Crippen LogP contribution >= 0.6 is 7.60 Å². The molecular weight excluding hydrogens is 237 g/mol. The minimum atomic E-state index is -3.21. The maximum Gasteiger partial charge on any atom is 0.360 e. The average molecular weight is 255 g/mol. The molecule has 5 heteroatoms. The molecule has 94 valence electrons. The Bertz CT molecular complexity index is 433. The van der Waals surface area contributed by atoms with E-state index in [0.717, 1.165) is 11.1 Å². The molecule has 0 saturated heterocycles. The molecule has 0 aliphatic heterocycles. The lowest BCUT2D eigenvalue weighted by molar-refractivity contribution is 0.283. The van der Waals surface area contributed by atoms with Crippen LogP contribution in [-0.2, 0) is 13.6 Å². The van der Waals surface area contributed by atoms with E-state index in [1.54, 1.807) is 0 Å². The summed E-state index contributed by atoms with van der Waals surface area (Å²) in [4.78, 5) is 0. The Balaban J connectivity index is 3.23. The minimum Gasteiger partial charge on any atom is -0.309 e. The van der Waals surface area contributed by atoms with Crippen LogP contribution in [0, 0.1) is 17.2 Å². The fourth-order valence-electron chi connectivity index (χ4n) is 1.92. The third-order valence-electron chi connectivity index (χ3n) is 2.92. The van der Waals surface area contributed by atoms with Crippen molar-refractivity contribution in [3.05, 3.63) is 22.5 Å². The second kappa shape index (κ2) is 5.64. The van der Waals surface area contributed by atoms with Crippen LogP contribution < -0.4 is 0 Å². The third-order valence-corrected chi connectivity index (χ3v) is 4.92. The predicted octanol–water partition coefficient (Wildman–Crippen LogP) is 3.63. The van der Waals surface area contributed by atoms with Gasteiger partial charge in [-0.3, -0.25) is 4.57 Å². The first-order valence-electron chi connectivity index (χ1n) is 5.47. The first-order valence-corrected chi connectivity index (χ1v) is 7.01. The van der Waals surface area contributed by atoms with Crippen molar-refractivity contribution in [1.29, 1.82) is 5.26 Å². The van der Waals surface area contributed by atoms with E-state index >= 15 is 0 Å². The van der Waals surface area contributed by atoms with Gasteiger partial charge in [0.1, 0.15) is 0 Å². The molecule has 0 amide bonds. The highest BCUT2D eigenvalue weighted by Crippen LogP contribution is 2.60. The molecule has 0 N–H and O–H groups in total. The summed E-state index contributed by atoms with van der Waals surface area (Å²) in [5.74, 6) is -0.0502. The van der Waals surface area contributed by atoms with E-state index in [0.29, 0.717) is 18.2 Å². The Morgan fingerprint density at radius 3 is 2.47 bits per heavy atom. The highest BCUT2D eigenvalue weighted by atomic mass is 31.2. The maximum absolute atomic E-state index is 12.4. The van der Waals surface area contributed by atoms with Gasteiger partial charge in [0, 0.05) is 14.2 Å². The molecule has 0 aromatic carbocycles. The van der Waals surface area contributed by atoms with Crippen molar-refractivity contribution in [2.75, 3.05) is 14.2 Å². The van der Waals surface area contributed by atoms with Crippen LogP contribution in [0.3, 0.4) is 0 Å². The standard InChI is InChI=1S/C12H18NO3P/c1-9(2)11-7-10(8-13)5-6-12(11)17(14,15-3)16-4/h6,10H,5,7H2,1-4H3. The molecule has 17 heavy (non-hydrogen) atoms. The molecule has 1 aliphatic carbocycles. The summed E-state index contributed by atoms with van der Waals surface area (Å²) in [5.41, 5.74) is 1.97. The molecule has 1 atom stereocenters. The largest absolute Gasteiger partial charge is 0.360 e. The quantitative estimate of drug-likeness (QED) is 0.722. The van der Waals surface area contributed by atoms with Gasteiger partial charge >= 0.3 is 7.60 Å². The van der Waals surface area contributed by atoms with Gasteiger partial charge in [-0.2, -0.15) is 5.26 Å². The van der Waals surface area contributed by atoms with Crippen molar-refractivity contribution in [3.8, 4) is 6.07 Å². The van der Waals surface area contributed by atoms with Gasteiger partial charge in [0.25, 0.3) is 0 Å². The molecule has 0 bridgehead atoms. The van der Waals surface area contributed by atoms with E-state index in [1.165, 1.54) is 14.2 Å². The van der Waals surface area contributed by atoms with Crippen molar-refractivity contribution < 1.29 is 13.6 Å². The van der Waals surface area contributed by atoms with Crippen LogP contribution in [0.1, 0.15) is 26.7 Å². The Labute approximate surface area is 102 Å². The molecule has 1 rings (SSSR count). The van der Waals surface area contributed by atoms with Crippen molar-refractivity contribution in [2.45, 2.75) is 26.7 Å². The van der Waals surface area contributed by atoms with E-state index < -0.39 is 7.60 Å². The second-order valence-corrected chi connectivity index (χ2v) is 6.40. The first kappa shape index (κ1) is 14.2. The summed E-state index contributed by atoms with van der Waals surface area (Å²) in [5, 5.41) is 9.58. The van der Waals surface area contributed by atoms with Crippen LogP contribution in [0.15, 0.2) is 22.5 Å². The smallest absolute Gasteiger partial charge is 0.309 e. The summed E-state index contributed by atoms with van der Waals surface area (Å²) in [7, 11) is -0.452. The van der Waals surface area contributed by atoms with Crippen molar-refractivity contribution in [3.63, 3.8) is 0 Å². The summed E-state index contributed by atoms with van der Waals surface area (Å²) in [6.45, 7) is 3.89. The van der Waals surface area contributed by atoms with Gasteiger partial charge in [0.2, 0.25) is 0 Å². The monoisotopic (exact) mass is 255 g/mol. The number of allylic oxidation sites excluding steroid dienone is 4. The zero-order valence-electron chi connectivity index (χ0n) is 10.7. The number of nitriles is 1. The Kier molecular flexibility index (Phi) is 4.70. The van der Waals surface area contributed by atoms with Gasteiger partial charge < -0.3 is 9.05 Å². The summed E-state index contributed by atoms with van der Waals surface area (Å²) >= 11 is 0. The highest BCUT2D eigenvalue weighted by molar-refractivity contribution is 7.58. The molecule has 0 aromatic heterocycles. The minimum absolute atomic E-state index is 0.0502. The second-order valence-electron chi connectivity index (χ2n) is 4.20. The first-order chi connectivity index (χ1) is 7.98. The molecule has 0 fully saturated rings. The van der Waals surface area contributed by atoms with Gasteiger partial charge in [-0.05, 0) is 32.3 Å². The van der Waals surface area contributed by atoms with Gasteiger partial charge in [0.05, 0.1) is 17.3 Å². The van der Waals surface area contributed by atoms with Crippen molar-refractivity contribution >= 4 is 7.60 Å². The fraction of sp³-hybridized carbons (Fsp3) is 0.583. The Hall–Kier alpha value is -0.880. The molecule has 4 nitrogen and oxygen atoms in total. The lowest BCUT2D eigenvalue weighted by Crippen LogP contribution is -2.09. The van der Waals surface area contributed by atoms with Crippen molar-refractivity contribution in [2.24, 2.45) is 5.92 Å². The van der Waals surface area contributed by atoms with E-state index in [2.05, 4.69) is 6.07 Å². The third kappa shape index (κ3) is 2.87. The van der Waals surface area contributed by atoms with Crippen LogP contribution in [0.4, 0.5) is 0 Å². The molecular formula is C12H18NO3P. The SMILES string of the molecule is COP(=O)(OC)C1=CCC(C#N)CC1=C(C)C. The molecule has 1 aliphatic rings. The lowest BCUT2D eigenvalue weighted by Gasteiger charge is -2.26. The number of hydrogen-bond acceptors (Lipinski definition) is 4. The maximum atomic E-state index is 12.4. The summed E-state index contributed by atoms with van der Waals surface area (Å²) in [6, 6.07) is 2.25. The van der Waals surface area contributed by atoms with Crippen LogP contribution in [0.2, 0.25) is 0 Å². The summed E-state index contributed by atoms with van der Waals surface area (Å²) in [6.07, 6.45) is 3.02. The number of hydrogen-bond donors (Lipinski definition) is 0. The van der Waals surface area contributed by atoms with Gasteiger partial charge in [-0.25, -0.2) is 0 Å². The number of nitrogens with zero attached hydrogens (tertiary/aromatic N) is 1. The molecule has 0 radical (unpaired) electrons. The molecule has 0 aromatic rings. The Morgan fingerprint density at radius 1 is 1.47 bits per heavy atom. The zero-order chi connectivity index (χ0) is 13.1. The normalized spacial score (nSPS) is 20.8. The highest BCUT2D eigenvalue weighted by Gasteiger charge is 2.34. The Morgan fingerprint density at radius 2 is 2.06 bits per heavy atom. The van der Waals surface area contributed by atoms with Crippen LogP contribution in [0.25, 0.3) is 0 Å². The van der Waals surface area contributed by atoms with Gasteiger partial charge in [0.15, 0.2) is 0 Å². The fourth-order valence-corrected chi connectivity index (χ4v) is 3.44. The topological polar surface area (TPSA) is 59.3 Å². The van der Waals surface area contributed by atoms with Crippen LogP contribution in [-0.4, -0.2) is 14.2 Å². The molecule has 0 spiro atoms. The van der Waals surface area contributed by atoms with E-state index in [1.807, 2.05) is 19.9 Å². The zero-order valence-corrected chi connectivity index (χ0v) is 11.6. The van der Waals surface area contributed by atoms with Gasteiger partial charge in [-0.15, -0.1) is 0 Å². The van der Waals surface area contributed by atoms with E-state index in [-0.39, 0.29) is 5.92 Å². The van der Waals surface area contributed by atoms with E-state index in [9.17, 15) is 4.57 Å². The lowest BCUT2D eigenvalue weighted by atomic mass is 9.89. The van der Waals surface area contributed by atoms with E-state index in [4.69, 9.17) is 14.3 Å².